The first-order valence-electron chi connectivity index (χ1n) is 11.4. The van der Waals surface area contributed by atoms with E-state index >= 15 is 0 Å². The van der Waals surface area contributed by atoms with Gasteiger partial charge in [0.25, 0.3) is 0 Å². The van der Waals surface area contributed by atoms with Gasteiger partial charge in [-0.15, -0.1) is 0 Å². The lowest BCUT2D eigenvalue weighted by Crippen LogP contribution is -2.16. The molecule has 0 radical (unpaired) electrons. The van der Waals surface area contributed by atoms with Crippen LogP contribution in [0.15, 0.2) is 0 Å². The molecule has 0 saturated carbocycles. The second-order valence-corrected chi connectivity index (χ2v) is 8.57. The molecular weight excluding hydrogens is 437 g/mol. The normalized spacial score (nSPS) is 11.4. The third-order valence-corrected chi connectivity index (χ3v) is 5.85. The monoisotopic (exact) mass is 471 g/mol. The summed E-state index contributed by atoms with van der Waals surface area (Å²) in [6.45, 7) is 4.98. The molecule has 0 aliphatic rings. The van der Waals surface area contributed by atoms with E-state index in [2.05, 4.69) is 29.6 Å². The number of hydrogen-bond donors (Lipinski definition) is 1. The van der Waals surface area contributed by atoms with Gasteiger partial charge in [-0.05, 0) is 57.3 Å². The molecule has 2 heterocycles. The first-order valence-corrected chi connectivity index (χ1v) is 12.1. The number of carbonyl (C=O) groups excluding carboxylic acids is 1. The van der Waals surface area contributed by atoms with Gasteiger partial charge in [-0.1, -0.05) is 50.1 Å². The summed E-state index contributed by atoms with van der Waals surface area (Å²) in [5.74, 6) is 0.788. The van der Waals surface area contributed by atoms with Crippen molar-refractivity contribution in [3.05, 3.63) is 16.3 Å². The summed E-state index contributed by atoms with van der Waals surface area (Å²) in [4.78, 5) is 23.7. The largest absolute Gasteiger partial charge is 0.469 e. The summed E-state index contributed by atoms with van der Waals surface area (Å²) < 4.78 is 6.73. The van der Waals surface area contributed by atoms with E-state index in [0.717, 1.165) is 50.2 Å². The number of aryl methyl sites for hydroxylation is 2. The maximum atomic E-state index is 11.0. The number of rotatable bonds is 16. The zero-order valence-electron chi connectivity index (χ0n) is 18.8. The Morgan fingerprint density at radius 3 is 2.19 bits per heavy atom. The summed E-state index contributed by atoms with van der Waals surface area (Å²) in [6.07, 6.45) is 12.2. The molecular formula is C22H35Cl2N5O2. The number of carbonyl (C=O) groups is 1. The molecule has 2 rings (SSSR count). The number of ether oxygens (including phenoxy) is 1. The molecule has 7 nitrogen and oxygen atoms in total. The van der Waals surface area contributed by atoms with Gasteiger partial charge in [-0.3, -0.25) is 4.79 Å². The molecule has 0 aliphatic heterocycles. The SMILES string of the molecule is COC(=O)CCCCCCNCCCCCCCCn1c(C)nc2nc(Cl)nc(Cl)c21. The molecule has 0 spiro atoms. The van der Waals surface area contributed by atoms with Gasteiger partial charge in [0.15, 0.2) is 10.8 Å². The molecule has 0 bridgehead atoms. The zero-order chi connectivity index (χ0) is 22.5. The lowest BCUT2D eigenvalue weighted by atomic mass is 10.1. The Labute approximate surface area is 195 Å². The summed E-state index contributed by atoms with van der Waals surface area (Å²) in [5.41, 5.74) is 1.34. The Morgan fingerprint density at radius 2 is 1.52 bits per heavy atom. The predicted molar refractivity (Wildman–Crippen MR) is 126 cm³/mol. The molecule has 9 heteroatoms. The van der Waals surface area contributed by atoms with Crippen LogP contribution >= 0.6 is 23.2 Å². The van der Waals surface area contributed by atoms with Crippen LogP contribution in [-0.4, -0.2) is 45.7 Å². The molecule has 174 valence electrons. The van der Waals surface area contributed by atoms with Crippen LogP contribution in [-0.2, 0) is 16.1 Å². The van der Waals surface area contributed by atoms with Crippen LogP contribution in [0, 0.1) is 6.92 Å². The maximum absolute atomic E-state index is 11.0. The Kier molecular flexibility index (Phi) is 12.2. The molecule has 2 aromatic heterocycles. The standard InChI is InChI=1S/C22H35Cl2N5O2/c1-17-26-21-19(20(23)27-22(24)28-21)29(17)16-12-8-4-3-6-10-14-25-15-11-7-5-9-13-18(30)31-2/h25H,3-16H2,1-2H3. The Hall–Kier alpha value is -1.44. The Balaban J connectivity index is 1.45. The minimum absolute atomic E-state index is 0.104. The number of esters is 1. The fraction of sp³-hybridized carbons (Fsp3) is 0.727. The quantitative estimate of drug-likeness (QED) is 0.150. The van der Waals surface area contributed by atoms with Crippen LogP contribution < -0.4 is 5.32 Å². The third kappa shape index (κ3) is 9.29. The molecule has 0 unspecified atom stereocenters. The average molecular weight is 472 g/mol. The van der Waals surface area contributed by atoms with E-state index in [1.807, 2.05) is 6.92 Å². The number of hydrogen-bond acceptors (Lipinski definition) is 6. The predicted octanol–water partition coefficient (Wildman–Crippen LogP) is 5.50. The van der Waals surface area contributed by atoms with Crippen molar-refractivity contribution in [1.82, 2.24) is 24.8 Å². The number of fused-ring (bicyclic) bond motifs is 1. The number of imidazole rings is 1. The van der Waals surface area contributed by atoms with E-state index in [4.69, 9.17) is 23.2 Å². The number of nitrogens with zero attached hydrogens (tertiary/aromatic N) is 4. The van der Waals surface area contributed by atoms with Crippen molar-refractivity contribution in [3.8, 4) is 0 Å². The molecule has 1 N–H and O–H groups in total. The van der Waals surface area contributed by atoms with Crippen molar-refractivity contribution >= 4 is 40.3 Å². The molecule has 0 aliphatic carbocycles. The lowest BCUT2D eigenvalue weighted by Gasteiger charge is -2.08. The first kappa shape index (κ1) is 25.8. The molecule has 0 saturated heterocycles. The lowest BCUT2D eigenvalue weighted by molar-refractivity contribution is -0.140. The van der Waals surface area contributed by atoms with E-state index < -0.39 is 0 Å². The second kappa shape index (κ2) is 14.6. The van der Waals surface area contributed by atoms with Crippen LogP contribution in [0.3, 0.4) is 0 Å². The van der Waals surface area contributed by atoms with Crippen LogP contribution in [0.4, 0.5) is 0 Å². The topological polar surface area (TPSA) is 81.9 Å². The zero-order valence-corrected chi connectivity index (χ0v) is 20.3. The van der Waals surface area contributed by atoms with Crippen LogP contribution in [0.25, 0.3) is 11.2 Å². The Bertz CT molecular complexity index is 813. The minimum atomic E-state index is -0.104. The van der Waals surface area contributed by atoms with Crippen LogP contribution in [0.5, 0.6) is 0 Å². The number of nitrogens with one attached hydrogen (secondary N) is 1. The van der Waals surface area contributed by atoms with Crippen molar-refractivity contribution in [2.75, 3.05) is 20.2 Å². The van der Waals surface area contributed by atoms with Gasteiger partial charge >= 0.3 is 5.97 Å². The van der Waals surface area contributed by atoms with Crippen molar-refractivity contribution in [1.29, 1.82) is 0 Å². The average Bonchev–Trinajstić information content (AvgIpc) is 3.05. The Morgan fingerprint density at radius 1 is 0.903 bits per heavy atom. The molecule has 0 atom stereocenters. The highest BCUT2D eigenvalue weighted by molar-refractivity contribution is 6.35. The number of halogens is 2. The van der Waals surface area contributed by atoms with Gasteiger partial charge in [-0.2, -0.15) is 4.98 Å². The van der Waals surface area contributed by atoms with E-state index in [1.54, 1.807) is 0 Å². The fourth-order valence-electron chi connectivity index (χ4n) is 3.68. The van der Waals surface area contributed by atoms with Gasteiger partial charge in [-0.25, -0.2) is 9.97 Å². The van der Waals surface area contributed by atoms with Crippen molar-refractivity contribution < 1.29 is 9.53 Å². The molecule has 31 heavy (non-hydrogen) atoms. The van der Waals surface area contributed by atoms with E-state index in [9.17, 15) is 4.79 Å². The van der Waals surface area contributed by atoms with Crippen molar-refractivity contribution in [2.45, 2.75) is 84.1 Å². The molecule has 0 fully saturated rings. The fourth-order valence-corrected chi connectivity index (χ4v) is 4.15. The maximum Gasteiger partial charge on any atom is 0.305 e. The van der Waals surface area contributed by atoms with Crippen molar-refractivity contribution in [2.24, 2.45) is 0 Å². The highest BCUT2D eigenvalue weighted by atomic mass is 35.5. The molecule has 0 aromatic carbocycles. The van der Waals surface area contributed by atoms with Crippen LogP contribution in [0.1, 0.15) is 76.5 Å². The summed E-state index contributed by atoms with van der Waals surface area (Å²) in [5, 5.41) is 4.01. The summed E-state index contributed by atoms with van der Waals surface area (Å²) in [6, 6.07) is 0. The van der Waals surface area contributed by atoms with Gasteiger partial charge in [0.1, 0.15) is 11.3 Å². The van der Waals surface area contributed by atoms with E-state index in [-0.39, 0.29) is 11.3 Å². The number of aromatic nitrogens is 4. The minimum Gasteiger partial charge on any atom is -0.469 e. The molecule has 0 amide bonds. The van der Waals surface area contributed by atoms with Gasteiger partial charge in [0, 0.05) is 13.0 Å². The van der Waals surface area contributed by atoms with E-state index in [1.165, 1.54) is 52.1 Å². The summed E-state index contributed by atoms with van der Waals surface area (Å²) in [7, 11) is 1.44. The third-order valence-electron chi connectivity index (χ3n) is 5.42. The first-order chi connectivity index (χ1) is 15.0. The number of methoxy groups -OCH3 is 1. The second-order valence-electron chi connectivity index (χ2n) is 7.88. The highest BCUT2D eigenvalue weighted by Crippen LogP contribution is 2.24. The smallest absolute Gasteiger partial charge is 0.305 e. The van der Waals surface area contributed by atoms with Gasteiger partial charge < -0.3 is 14.6 Å². The summed E-state index contributed by atoms with van der Waals surface area (Å²) >= 11 is 12.1. The van der Waals surface area contributed by atoms with Gasteiger partial charge in [0.05, 0.1) is 7.11 Å². The van der Waals surface area contributed by atoms with Crippen molar-refractivity contribution in [3.63, 3.8) is 0 Å². The van der Waals surface area contributed by atoms with E-state index in [0.29, 0.717) is 17.2 Å². The number of unbranched alkanes of at least 4 members (excludes halogenated alkanes) is 8. The highest BCUT2D eigenvalue weighted by Gasteiger charge is 2.14. The molecule has 2 aromatic rings. The van der Waals surface area contributed by atoms with Crippen LogP contribution in [0.2, 0.25) is 10.4 Å². The van der Waals surface area contributed by atoms with Gasteiger partial charge in [0.2, 0.25) is 5.28 Å².